The summed E-state index contributed by atoms with van der Waals surface area (Å²) in [7, 11) is -2.00. The van der Waals surface area contributed by atoms with E-state index in [1.165, 1.54) is 0 Å². The van der Waals surface area contributed by atoms with Gasteiger partial charge in [-0.15, -0.1) is 0 Å². The molecular formula is C32H40O4Si. The maximum atomic E-state index is 7.12. The minimum Gasteiger partial charge on any atom is -0.411 e. The molecule has 4 atom stereocenters. The quantitative estimate of drug-likeness (QED) is 0.175. The van der Waals surface area contributed by atoms with Gasteiger partial charge < -0.3 is 18.6 Å². The van der Waals surface area contributed by atoms with E-state index in [1.54, 1.807) is 0 Å². The first-order chi connectivity index (χ1) is 17.7. The lowest BCUT2D eigenvalue weighted by molar-refractivity contribution is -0.0830. The fourth-order valence-electron chi connectivity index (χ4n) is 5.06. The first kappa shape index (κ1) is 26.3. The largest absolute Gasteiger partial charge is 0.411 e. The summed E-state index contributed by atoms with van der Waals surface area (Å²) in [6.07, 6.45) is 0.898. The van der Waals surface area contributed by atoms with Crippen molar-refractivity contribution in [2.45, 2.75) is 75.3 Å². The molecule has 5 rings (SSSR count). The molecule has 0 amide bonds. The minimum absolute atomic E-state index is 0.0184. The highest BCUT2D eigenvalue weighted by molar-refractivity contribution is 6.74. The van der Waals surface area contributed by atoms with Gasteiger partial charge in [-0.2, -0.15) is 0 Å². The van der Waals surface area contributed by atoms with Crippen molar-refractivity contribution in [3.63, 3.8) is 0 Å². The molecule has 0 N–H and O–H groups in total. The predicted molar refractivity (Wildman–Crippen MR) is 150 cm³/mol. The maximum absolute atomic E-state index is 7.12. The van der Waals surface area contributed by atoms with E-state index in [-0.39, 0.29) is 29.5 Å². The third kappa shape index (κ3) is 5.47. The Morgan fingerprint density at radius 1 is 0.757 bits per heavy atom. The van der Waals surface area contributed by atoms with Crippen molar-refractivity contribution in [2.75, 3.05) is 13.2 Å². The van der Waals surface area contributed by atoms with Gasteiger partial charge in [0.1, 0.15) is 17.8 Å². The fraction of sp³-hybridized carbons (Fsp3) is 0.438. The Bertz CT molecular complexity index is 1040. The van der Waals surface area contributed by atoms with Crippen LogP contribution in [0.4, 0.5) is 0 Å². The van der Waals surface area contributed by atoms with Crippen molar-refractivity contribution < 1.29 is 18.6 Å². The first-order valence-electron chi connectivity index (χ1n) is 13.5. The molecule has 196 valence electrons. The molecule has 3 aromatic rings. The van der Waals surface area contributed by atoms with Crippen LogP contribution in [0, 0.1) is 0 Å². The second-order valence-corrected chi connectivity index (χ2v) is 16.6. The highest BCUT2D eigenvalue weighted by atomic mass is 28.4. The highest BCUT2D eigenvalue weighted by Crippen LogP contribution is 2.44. The van der Waals surface area contributed by atoms with Crippen LogP contribution in [0.15, 0.2) is 91.0 Å². The van der Waals surface area contributed by atoms with E-state index in [2.05, 4.69) is 107 Å². The summed E-state index contributed by atoms with van der Waals surface area (Å²) >= 11 is 0. The lowest BCUT2D eigenvalue weighted by Gasteiger charge is -2.40. The topological polar surface area (TPSA) is 40.2 Å². The summed E-state index contributed by atoms with van der Waals surface area (Å²) in [6, 6.07) is 31.5. The monoisotopic (exact) mass is 516 g/mol. The van der Waals surface area contributed by atoms with Gasteiger partial charge in [0.15, 0.2) is 8.32 Å². The molecule has 0 aromatic heterocycles. The molecule has 0 unspecified atom stereocenters. The third-order valence-corrected chi connectivity index (χ3v) is 12.8. The van der Waals surface area contributed by atoms with Crippen LogP contribution in [0.3, 0.4) is 0 Å². The number of hydrogen-bond donors (Lipinski definition) is 0. The van der Waals surface area contributed by atoms with Crippen molar-refractivity contribution in [1.29, 1.82) is 0 Å². The van der Waals surface area contributed by atoms with Gasteiger partial charge in [0.2, 0.25) is 0 Å². The summed E-state index contributed by atoms with van der Waals surface area (Å²) in [4.78, 5) is 0. The Balaban J connectivity index is 1.51. The van der Waals surface area contributed by atoms with Crippen molar-refractivity contribution >= 4 is 8.32 Å². The maximum Gasteiger partial charge on any atom is 0.192 e. The molecule has 5 heteroatoms. The first-order valence-corrected chi connectivity index (χ1v) is 16.4. The van der Waals surface area contributed by atoms with E-state index in [9.17, 15) is 0 Å². The number of hydrogen-bond acceptors (Lipinski definition) is 4. The molecule has 4 nitrogen and oxygen atoms in total. The van der Waals surface area contributed by atoms with E-state index < -0.39 is 13.9 Å². The third-order valence-electron chi connectivity index (χ3n) is 8.26. The molecule has 2 saturated heterocycles. The zero-order valence-electron chi connectivity index (χ0n) is 22.7. The normalized spacial score (nSPS) is 24.2. The van der Waals surface area contributed by atoms with E-state index in [4.69, 9.17) is 18.6 Å². The Hall–Kier alpha value is -2.28. The number of rotatable bonds is 9. The van der Waals surface area contributed by atoms with Gasteiger partial charge in [0.05, 0.1) is 25.4 Å². The Kier molecular flexibility index (Phi) is 7.45. The summed E-state index contributed by atoms with van der Waals surface area (Å²) in [5.41, 5.74) is 2.50. The van der Waals surface area contributed by atoms with Gasteiger partial charge in [-0.3, -0.25) is 0 Å². The zero-order chi connectivity index (χ0) is 26.1. The van der Waals surface area contributed by atoms with Gasteiger partial charge in [-0.25, -0.2) is 0 Å². The smallest absolute Gasteiger partial charge is 0.192 e. The number of ether oxygens (including phenoxy) is 3. The van der Waals surface area contributed by atoms with Crippen LogP contribution in [0.25, 0.3) is 0 Å². The molecule has 37 heavy (non-hydrogen) atoms. The van der Waals surface area contributed by atoms with Gasteiger partial charge in [0, 0.05) is 6.42 Å². The SMILES string of the molecule is CC(C)(C)[Si](C)(C)O[C@@H]1C[C@@H]([C@H]2CO2)O[C@H]1COC(c1ccccc1)(c1ccccc1)c1ccccc1. The number of benzene rings is 3. The summed E-state index contributed by atoms with van der Waals surface area (Å²) in [5.74, 6) is 0. The lowest BCUT2D eigenvalue weighted by Crippen LogP contribution is -2.47. The second kappa shape index (κ2) is 10.5. The molecule has 0 spiro atoms. The molecule has 2 fully saturated rings. The molecule has 0 aliphatic carbocycles. The lowest BCUT2D eigenvalue weighted by atomic mass is 9.80. The molecule has 2 heterocycles. The van der Waals surface area contributed by atoms with Crippen molar-refractivity contribution in [1.82, 2.24) is 0 Å². The van der Waals surface area contributed by atoms with Crippen LogP contribution in [-0.2, 0) is 24.2 Å². The van der Waals surface area contributed by atoms with Crippen LogP contribution in [0.5, 0.6) is 0 Å². The average Bonchev–Trinajstić information content (AvgIpc) is 3.67. The zero-order valence-corrected chi connectivity index (χ0v) is 23.7. The van der Waals surface area contributed by atoms with Crippen molar-refractivity contribution in [3.8, 4) is 0 Å². The summed E-state index contributed by atoms with van der Waals surface area (Å²) < 4.78 is 26.3. The van der Waals surface area contributed by atoms with Gasteiger partial charge >= 0.3 is 0 Å². The molecule has 2 aliphatic rings. The van der Waals surface area contributed by atoms with Crippen LogP contribution in [-0.4, -0.2) is 45.9 Å². The van der Waals surface area contributed by atoms with E-state index in [0.717, 1.165) is 29.7 Å². The Morgan fingerprint density at radius 3 is 1.62 bits per heavy atom. The number of epoxide rings is 1. The molecule has 0 radical (unpaired) electrons. The summed E-state index contributed by atoms with van der Waals surface area (Å²) in [5, 5.41) is 0.119. The Morgan fingerprint density at radius 2 is 1.22 bits per heavy atom. The Labute approximate surface area is 223 Å². The van der Waals surface area contributed by atoms with Crippen molar-refractivity contribution in [3.05, 3.63) is 108 Å². The minimum atomic E-state index is -2.00. The second-order valence-electron chi connectivity index (χ2n) is 11.8. The van der Waals surface area contributed by atoms with Crippen molar-refractivity contribution in [2.24, 2.45) is 0 Å². The fourth-order valence-corrected chi connectivity index (χ4v) is 6.42. The van der Waals surface area contributed by atoms with Gasteiger partial charge in [0.25, 0.3) is 0 Å². The predicted octanol–water partition coefficient (Wildman–Crippen LogP) is 6.94. The summed E-state index contributed by atoms with van der Waals surface area (Å²) in [6.45, 7) is 12.7. The molecule has 2 aliphatic heterocycles. The van der Waals surface area contributed by atoms with Crippen LogP contribution in [0.2, 0.25) is 18.1 Å². The van der Waals surface area contributed by atoms with Crippen LogP contribution < -0.4 is 0 Å². The van der Waals surface area contributed by atoms with E-state index in [1.807, 2.05) is 18.2 Å². The van der Waals surface area contributed by atoms with Gasteiger partial charge in [-0.05, 0) is 34.8 Å². The molecule has 0 saturated carbocycles. The van der Waals surface area contributed by atoms with Gasteiger partial charge in [-0.1, -0.05) is 112 Å². The van der Waals surface area contributed by atoms with Crippen LogP contribution in [0.1, 0.15) is 43.9 Å². The molecule has 3 aromatic carbocycles. The van der Waals surface area contributed by atoms with E-state index in [0.29, 0.717) is 6.61 Å². The molecular weight excluding hydrogens is 476 g/mol. The van der Waals surface area contributed by atoms with E-state index >= 15 is 0 Å². The standard InChI is InChI=1S/C32H40O4Si/c1-31(2,3)37(4,5)36-28-21-27(29-22-33-29)35-30(28)23-34-32(24-15-9-6-10-16-24,25-17-11-7-12-18-25)26-19-13-8-14-20-26/h6-20,27-30H,21-23H2,1-5H3/t27-,28+,29+,30-/m0/s1. The average molecular weight is 517 g/mol. The highest BCUT2D eigenvalue weighted by Gasteiger charge is 2.49. The molecule has 0 bridgehead atoms. The van der Waals surface area contributed by atoms with Crippen LogP contribution >= 0.6 is 0 Å².